The van der Waals surface area contributed by atoms with E-state index in [1.54, 1.807) is 0 Å². The number of carbonyl (C=O) groups excluding carboxylic acids is 2. The molecule has 2 N–H and O–H groups in total. The van der Waals surface area contributed by atoms with Gasteiger partial charge in [-0.25, -0.2) is 16.8 Å². The predicted octanol–water partition coefficient (Wildman–Crippen LogP) is 0.632. The molecule has 0 aliphatic carbocycles. The van der Waals surface area contributed by atoms with Crippen LogP contribution in [0.4, 0.5) is 11.4 Å². The molecule has 0 aromatic heterocycles. The first-order valence-electron chi connectivity index (χ1n) is 9.60. The third-order valence-electron chi connectivity index (χ3n) is 4.80. The molecule has 0 fully saturated rings. The molecule has 0 heterocycles. The molecule has 3 rings (SSSR count). The summed E-state index contributed by atoms with van der Waals surface area (Å²) >= 11 is 0. The zero-order chi connectivity index (χ0) is 25.3. The quantitative estimate of drug-likeness (QED) is 0.451. The Kier molecular flexibility index (Phi) is 6.66. The Hall–Kier alpha value is -3.90. The average Bonchev–Trinajstić information content (AvgIpc) is 2.73. The fourth-order valence-corrected chi connectivity index (χ4v) is 5.86. The molecule has 3 aromatic carbocycles. The van der Waals surface area contributed by atoms with Crippen molar-refractivity contribution >= 4 is 43.4 Å². The van der Waals surface area contributed by atoms with Crippen LogP contribution in [0.25, 0.3) is 0 Å². The van der Waals surface area contributed by atoms with Crippen molar-refractivity contribution in [3.05, 3.63) is 82.9 Å². The molecule has 12 heteroatoms. The summed E-state index contributed by atoms with van der Waals surface area (Å²) in [6.07, 6.45) is 0. The van der Waals surface area contributed by atoms with E-state index in [9.17, 15) is 36.6 Å². The van der Waals surface area contributed by atoms with Crippen LogP contribution in [0.1, 0.15) is 31.8 Å². The van der Waals surface area contributed by atoms with Crippen LogP contribution in [0.5, 0.6) is 0 Å². The van der Waals surface area contributed by atoms with Gasteiger partial charge in [0.25, 0.3) is 20.0 Å². The minimum Gasteiger partial charge on any atom is -0.545 e. The van der Waals surface area contributed by atoms with Gasteiger partial charge in [-0.05, 0) is 66.4 Å². The molecule has 0 saturated carbocycles. The average molecular weight is 503 g/mol. The van der Waals surface area contributed by atoms with Gasteiger partial charge in [-0.1, -0.05) is 30.3 Å². The van der Waals surface area contributed by atoms with Crippen LogP contribution in [0.15, 0.2) is 70.5 Å². The van der Waals surface area contributed by atoms with E-state index in [0.717, 1.165) is 6.07 Å². The molecule has 0 radical (unpaired) electrons. The highest BCUT2D eigenvalue weighted by Crippen LogP contribution is 2.27. The zero-order valence-corrected chi connectivity index (χ0v) is 19.5. The molecule has 0 aliphatic heterocycles. The standard InChI is InChI=1S/C22H20N2O8S2/c1-13-11-14(2)20(34(31,32)24-18-9-5-16(6-10-18)22(27)28)12-19(13)33(29,30)23-17-7-3-15(4-8-17)21(25)26/h3-12,23-24H,1-2H3,(H,25,26)(H,27,28)/p-2. The van der Waals surface area contributed by atoms with Gasteiger partial charge in [0.05, 0.1) is 21.7 Å². The normalized spacial score (nSPS) is 11.6. The number of anilines is 2. The lowest BCUT2D eigenvalue weighted by Crippen LogP contribution is -2.22. The van der Waals surface area contributed by atoms with E-state index in [-0.39, 0.29) is 43.4 Å². The Bertz CT molecular complexity index is 1370. The van der Waals surface area contributed by atoms with Crippen molar-refractivity contribution in [2.24, 2.45) is 0 Å². The van der Waals surface area contributed by atoms with Crippen LogP contribution in [0.3, 0.4) is 0 Å². The number of nitrogens with one attached hydrogen (secondary N) is 2. The van der Waals surface area contributed by atoms with Gasteiger partial charge in [-0.15, -0.1) is 0 Å². The summed E-state index contributed by atoms with van der Waals surface area (Å²) in [5.74, 6) is -2.83. The Labute approximate surface area is 196 Å². The summed E-state index contributed by atoms with van der Waals surface area (Å²) < 4.78 is 56.5. The Morgan fingerprint density at radius 2 is 0.941 bits per heavy atom. The number of sulfonamides is 2. The monoisotopic (exact) mass is 502 g/mol. The number of aryl methyl sites for hydroxylation is 2. The highest BCUT2D eigenvalue weighted by atomic mass is 32.2. The van der Waals surface area contributed by atoms with E-state index in [1.165, 1.54) is 68.4 Å². The molecule has 3 aromatic rings. The van der Waals surface area contributed by atoms with Crippen molar-refractivity contribution in [3.63, 3.8) is 0 Å². The number of hydrogen-bond donors (Lipinski definition) is 2. The minimum atomic E-state index is -4.24. The summed E-state index contributed by atoms with van der Waals surface area (Å²) in [4.78, 5) is 21.1. The summed E-state index contributed by atoms with van der Waals surface area (Å²) in [7, 11) is -8.48. The molecule has 0 aliphatic rings. The van der Waals surface area contributed by atoms with Gasteiger partial charge in [-0.3, -0.25) is 9.44 Å². The summed E-state index contributed by atoms with van der Waals surface area (Å²) in [5, 5.41) is 21.7. The van der Waals surface area contributed by atoms with Crippen molar-refractivity contribution in [2.75, 3.05) is 9.44 Å². The molecule has 0 amide bonds. The van der Waals surface area contributed by atoms with Crippen LogP contribution < -0.4 is 19.7 Å². The van der Waals surface area contributed by atoms with Crippen LogP contribution in [0.2, 0.25) is 0 Å². The lowest BCUT2D eigenvalue weighted by molar-refractivity contribution is -0.256. The van der Waals surface area contributed by atoms with Gasteiger partial charge in [0.15, 0.2) is 0 Å². The van der Waals surface area contributed by atoms with Gasteiger partial charge in [-0.2, -0.15) is 0 Å². The number of carbonyl (C=O) groups is 2. The molecular weight excluding hydrogens is 484 g/mol. The molecule has 34 heavy (non-hydrogen) atoms. The molecular formula is C22H18N2O8S2-2. The van der Waals surface area contributed by atoms with Gasteiger partial charge in [0, 0.05) is 11.4 Å². The lowest BCUT2D eigenvalue weighted by Gasteiger charge is -2.16. The number of rotatable bonds is 8. The van der Waals surface area contributed by atoms with Crippen molar-refractivity contribution in [2.45, 2.75) is 23.6 Å². The van der Waals surface area contributed by atoms with Gasteiger partial charge >= 0.3 is 0 Å². The number of benzene rings is 3. The SMILES string of the molecule is Cc1cc(C)c(S(=O)(=O)Nc2ccc(C(=O)[O-])cc2)cc1S(=O)(=O)Nc1ccc(C(=O)[O-])cc1. The molecule has 178 valence electrons. The van der Waals surface area contributed by atoms with Crippen LogP contribution >= 0.6 is 0 Å². The van der Waals surface area contributed by atoms with Crippen LogP contribution in [0, 0.1) is 13.8 Å². The van der Waals surface area contributed by atoms with E-state index in [0.29, 0.717) is 0 Å². The number of hydrogen-bond acceptors (Lipinski definition) is 8. The fraction of sp³-hybridized carbons (Fsp3) is 0.0909. The second-order valence-corrected chi connectivity index (χ2v) is 10.6. The molecule has 0 saturated heterocycles. The van der Waals surface area contributed by atoms with E-state index in [4.69, 9.17) is 0 Å². The lowest BCUT2D eigenvalue weighted by atomic mass is 10.2. The van der Waals surface area contributed by atoms with Crippen LogP contribution in [-0.2, 0) is 20.0 Å². The van der Waals surface area contributed by atoms with E-state index in [2.05, 4.69) is 9.44 Å². The largest absolute Gasteiger partial charge is 0.545 e. The third kappa shape index (κ3) is 5.35. The highest BCUT2D eigenvalue weighted by molar-refractivity contribution is 7.93. The topological polar surface area (TPSA) is 173 Å². The maximum absolute atomic E-state index is 13.0. The van der Waals surface area contributed by atoms with E-state index >= 15 is 0 Å². The molecule has 0 spiro atoms. The van der Waals surface area contributed by atoms with Crippen molar-refractivity contribution in [1.29, 1.82) is 0 Å². The van der Waals surface area contributed by atoms with Gasteiger partial charge < -0.3 is 19.8 Å². The Balaban J connectivity index is 1.95. The van der Waals surface area contributed by atoms with E-state index in [1.807, 2.05) is 0 Å². The number of carboxylic acid groups (broad SMARTS) is 2. The Morgan fingerprint density at radius 1 is 0.618 bits per heavy atom. The predicted molar refractivity (Wildman–Crippen MR) is 119 cm³/mol. The minimum absolute atomic E-state index is 0.0699. The second-order valence-electron chi connectivity index (χ2n) is 7.32. The fourth-order valence-electron chi connectivity index (χ4n) is 3.16. The van der Waals surface area contributed by atoms with Crippen LogP contribution in [-0.4, -0.2) is 28.8 Å². The molecule has 0 unspecified atom stereocenters. The highest BCUT2D eigenvalue weighted by Gasteiger charge is 2.24. The zero-order valence-electron chi connectivity index (χ0n) is 17.9. The first kappa shape index (κ1) is 24.7. The first-order chi connectivity index (χ1) is 15.8. The number of aromatic carboxylic acids is 2. The van der Waals surface area contributed by atoms with Crippen molar-refractivity contribution in [3.8, 4) is 0 Å². The Morgan fingerprint density at radius 3 is 1.24 bits per heavy atom. The molecule has 0 atom stereocenters. The summed E-state index contributed by atoms with van der Waals surface area (Å²) in [6, 6.07) is 12.0. The summed E-state index contributed by atoms with van der Waals surface area (Å²) in [6.45, 7) is 3.01. The molecule has 0 bridgehead atoms. The first-order valence-corrected chi connectivity index (χ1v) is 12.6. The van der Waals surface area contributed by atoms with Crippen molar-refractivity contribution in [1.82, 2.24) is 0 Å². The molecule has 10 nitrogen and oxygen atoms in total. The smallest absolute Gasteiger partial charge is 0.262 e. The second kappa shape index (κ2) is 9.15. The maximum atomic E-state index is 13.0. The summed E-state index contributed by atoms with van der Waals surface area (Å²) in [5.41, 5.74) is 0.436. The third-order valence-corrected chi connectivity index (χ3v) is 7.84. The van der Waals surface area contributed by atoms with Crippen molar-refractivity contribution < 1.29 is 36.6 Å². The van der Waals surface area contributed by atoms with Gasteiger partial charge in [0.1, 0.15) is 0 Å². The van der Waals surface area contributed by atoms with E-state index < -0.39 is 32.0 Å². The number of carboxylic acids is 2. The maximum Gasteiger partial charge on any atom is 0.262 e. The van der Waals surface area contributed by atoms with Gasteiger partial charge in [0.2, 0.25) is 0 Å².